The van der Waals surface area contributed by atoms with Crippen LogP contribution in [0.2, 0.25) is 0 Å². The first-order valence-corrected chi connectivity index (χ1v) is 39.3. The van der Waals surface area contributed by atoms with Crippen molar-refractivity contribution in [1.29, 1.82) is 0 Å². The summed E-state index contributed by atoms with van der Waals surface area (Å²) >= 11 is 0. The summed E-state index contributed by atoms with van der Waals surface area (Å²) in [6, 6.07) is -0.536. The van der Waals surface area contributed by atoms with Gasteiger partial charge in [-0.3, -0.25) is 9.59 Å². The lowest BCUT2D eigenvalue weighted by molar-refractivity contribution is -0.143. The molecule has 502 valence electrons. The lowest BCUT2D eigenvalue weighted by Gasteiger charge is -2.22. The topological polar surface area (TPSA) is 95.9 Å². The molecule has 3 N–H and O–H groups in total. The molecule has 0 radical (unpaired) electrons. The molecule has 0 spiro atoms. The maximum absolute atomic E-state index is 12.5. The standard InChI is InChI=1S/C78H155NO5/c1-3-5-7-9-11-13-15-17-19-43-46-50-54-58-62-66-70-76(81)75(74-80)79-77(82)71-67-63-59-55-51-47-44-41-39-37-35-33-31-29-27-25-23-21-20-22-24-26-28-30-32-34-36-38-40-42-45-49-53-57-61-65-69-73-84-78(83)72-68-64-60-56-52-48-18-16-14-12-10-8-6-4-2/h75-76,80-81H,3-74H2,1-2H3,(H,79,82). The molecule has 0 rings (SSSR count). The molecule has 0 aliphatic carbocycles. The number of ether oxygens (including phenoxy) is 1. The predicted molar refractivity (Wildman–Crippen MR) is 371 cm³/mol. The maximum Gasteiger partial charge on any atom is 0.305 e. The summed E-state index contributed by atoms with van der Waals surface area (Å²) in [6.45, 7) is 5.01. The first-order valence-electron chi connectivity index (χ1n) is 39.3. The first-order chi connectivity index (χ1) is 41.5. The van der Waals surface area contributed by atoms with Crippen LogP contribution >= 0.6 is 0 Å². The molecule has 1 amide bonds. The zero-order chi connectivity index (χ0) is 60.6. The van der Waals surface area contributed by atoms with Crippen molar-refractivity contribution in [3.05, 3.63) is 0 Å². The highest BCUT2D eigenvalue weighted by Gasteiger charge is 2.20. The number of aliphatic hydroxyl groups is 2. The molecule has 0 heterocycles. The van der Waals surface area contributed by atoms with E-state index in [2.05, 4.69) is 19.2 Å². The Morgan fingerprint density at radius 3 is 0.726 bits per heavy atom. The van der Waals surface area contributed by atoms with Gasteiger partial charge in [-0.15, -0.1) is 0 Å². The smallest absolute Gasteiger partial charge is 0.305 e. The Labute approximate surface area is 527 Å². The van der Waals surface area contributed by atoms with Gasteiger partial charge in [0.05, 0.1) is 25.4 Å². The fourth-order valence-corrected chi connectivity index (χ4v) is 12.9. The molecule has 0 aliphatic rings. The molecule has 0 aliphatic heterocycles. The zero-order valence-electron chi connectivity index (χ0n) is 57.7. The van der Waals surface area contributed by atoms with E-state index in [0.717, 1.165) is 38.5 Å². The number of nitrogens with one attached hydrogen (secondary N) is 1. The summed E-state index contributed by atoms with van der Waals surface area (Å²) in [5.74, 6) is 0.00234. The third-order valence-electron chi connectivity index (χ3n) is 18.9. The minimum atomic E-state index is -0.659. The highest BCUT2D eigenvalue weighted by Crippen LogP contribution is 2.21. The number of hydrogen-bond donors (Lipinski definition) is 3. The van der Waals surface area contributed by atoms with Crippen LogP contribution in [-0.4, -0.2) is 47.4 Å². The van der Waals surface area contributed by atoms with Gasteiger partial charge in [0.15, 0.2) is 0 Å². The summed E-state index contributed by atoms with van der Waals surface area (Å²) in [4.78, 5) is 24.6. The number of carbonyl (C=O) groups is 2. The average molecular weight is 1190 g/mol. The van der Waals surface area contributed by atoms with Crippen molar-refractivity contribution in [1.82, 2.24) is 5.32 Å². The Hall–Kier alpha value is -1.14. The first kappa shape index (κ1) is 82.9. The quantitative estimate of drug-likeness (QED) is 0.0417. The van der Waals surface area contributed by atoms with Crippen LogP contribution in [0, 0.1) is 0 Å². The highest BCUT2D eigenvalue weighted by atomic mass is 16.5. The normalized spacial score (nSPS) is 12.4. The zero-order valence-corrected chi connectivity index (χ0v) is 57.7. The molecule has 0 aromatic carbocycles. The van der Waals surface area contributed by atoms with E-state index in [1.807, 2.05) is 0 Å². The second-order valence-electron chi connectivity index (χ2n) is 27.4. The van der Waals surface area contributed by atoms with Gasteiger partial charge in [0, 0.05) is 12.8 Å². The third kappa shape index (κ3) is 70.0. The van der Waals surface area contributed by atoms with Crippen molar-refractivity contribution in [2.24, 2.45) is 0 Å². The van der Waals surface area contributed by atoms with E-state index in [-0.39, 0.29) is 18.5 Å². The summed E-state index contributed by atoms with van der Waals surface area (Å²) in [7, 11) is 0. The van der Waals surface area contributed by atoms with E-state index in [0.29, 0.717) is 25.9 Å². The van der Waals surface area contributed by atoms with Gasteiger partial charge < -0.3 is 20.3 Å². The van der Waals surface area contributed by atoms with Crippen LogP contribution in [0.5, 0.6) is 0 Å². The number of amides is 1. The average Bonchev–Trinajstić information content (AvgIpc) is 3.52. The number of carbonyl (C=O) groups excluding carboxylic acids is 2. The summed E-state index contributed by atoms with van der Waals surface area (Å²) in [5.41, 5.74) is 0. The molecular formula is C78H155NO5. The van der Waals surface area contributed by atoms with Crippen LogP contribution in [0.1, 0.15) is 463 Å². The molecule has 6 heteroatoms. The van der Waals surface area contributed by atoms with Crippen molar-refractivity contribution in [3.63, 3.8) is 0 Å². The van der Waals surface area contributed by atoms with Crippen molar-refractivity contribution in [2.45, 2.75) is 475 Å². The lowest BCUT2D eigenvalue weighted by atomic mass is 10.0. The van der Waals surface area contributed by atoms with Gasteiger partial charge in [0.1, 0.15) is 0 Å². The summed E-state index contributed by atoms with van der Waals surface area (Å²) in [6.07, 6.45) is 92.0. The Balaban J connectivity index is 3.28. The minimum absolute atomic E-state index is 0.0246. The van der Waals surface area contributed by atoms with E-state index in [1.165, 1.54) is 392 Å². The molecule has 2 unspecified atom stereocenters. The largest absolute Gasteiger partial charge is 0.466 e. The Bertz CT molecular complexity index is 1230. The molecular weight excluding hydrogens is 1030 g/mol. The number of esters is 1. The van der Waals surface area contributed by atoms with Gasteiger partial charge in [-0.1, -0.05) is 425 Å². The Kier molecular flexibility index (Phi) is 73.3. The van der Waals surface area contributed by atoms with Crippen LogP contribution in [0.3, 0.4) is 0 Å². The van der Waals surface area contributed by atoms with Crippen LogP contribution in [-0.2, 0) is 14.3 Å². The van der Waals surface area contributed by atoms with Crippen molar-refractivity contribution in [3.8, 4) is 0 Å². The molecule has 0 bridgehead atoms. The van der Waals surface area contributed by atoms with E-state index in [4.69, 9.17) is 4.74 Å². The molecule has 84 heavy (non-hydrogen) atoms. The molecule has 6 nitrogen and oxygen atoms in total. The van der Waals surface area contributed by atoms with Crippen molar-refractivity contribution in [2.75, 3.05) is 13.2 Å². The van der Waals surface area contributed by atoms with E-state index in [9.17, 15) is 19.8 Å². The van der Waals surface area contributed by atoms with Crippen LogP contribution in [0.25, 0.3) is 0 Å². The molecule has 2 atom stereocenters. The van der Waals surface area contributed by atoms with Crippen LogP contribution in [0.15, 0.2) is 0 Å². The Morgan fingerprint density at radius 2 is 0.488 bits per heavy atom. The predicted octanol–water partition coefficient (Wildman–Crippen LogP) is 25.7. The SMILES string of the molecule is CCCCCCCCCCCCCCCCCCC(O)C(CO)NC(=O)CCCCCCCCCCCCCCCCCCCCCCCCCCCCCCCCCCCCCCCOC(=O)CCCCCCCCCCCCCCCC. The molecule has 0 aromatic rings. The molecule has 0 aromatic heterocycles. The van der Waals surface area contributed by atoms with Gasteiger partial charge in [0.2, 0.25) is 5.91 Å². The number of aliphatic hydroxyl groups excluding tert-OH is 2. The van der Waals surface area contributed by atoms with E-state index >= 15 is 0 Å². The van der Waals surface area contributed by atoms with Crippen LogP contribution in [0.4, 0.5) is 0 Å². The van der Waals surface area contributed by atoms with E-state index < -0.39 is 12.1 Å². The van der Waals surface area contributed by atoms with Crippen LogP contribution < -0.4 is 5.32 Å². The highest BCUT2D eigenvalue weighted by molar-refractivity contribution is 5.76. The molecule has 0 saturated carbocycles. The monoisotopic (exact) mass is 1190 g/mol. The van der Waals surface area contributed by atoms with E-state index in [1.54, 1.807) is 0 Å². The minimum Gasteiger partial charge on any atom is -0.466 e. The van der Waals surface area contributed by atoms with Crippen molar-refractivity contribution < 1.29 is 24.5 Å². The summed E-state index contributed by atoms with van der Waals surface area (Å²) < 4.78 is 5.50. The number of hydrogen-bond acceptors (Lipinski definition) is 5. The van der Waals surface area contributed by atoms with Gasteiger partial charge >= 0.3 is 5.97 Å². The maximum atomic E-state index is 12.5. The van der Waals surface area contributed by atoms with Gasteiger partial charge in [-0.2, -0.15) is 0 Å². The third-order valence-corrected chi connectivity index (χ3v) is 18.9. The van der Waals surface area contributed by atoms with Gasteiger partial charge in [-0.25, -0.2) is 0 Å². The number of rotatable bonds is 75. The fourth-order valence-electron chi connectivity index (χ4n) is 12.9. The van der Waals surface area contributed by atoms with Crippen molar-refractivity contribution >= 4 is 11.9 Å². The van der Waals surface area contributed by atoms with Gasteiger partial charge in [-0.05, 0) is 25.7 Å². The fraction of sp³-hybridized carbons (Fsp3) is 0.974. The van der Waals surface area contributed by atoms with Gasteiger partial charge in [0.25, 0.3) is 0 Å². The molecule has 0 saturated heterocycles. The number of unbranched alkanes of at least 4 members (excludes halogenated alkanes) is 64. The second kappa shape index (κ2) is 74.3. The Morgan fingerprint density at radius 1 is 0.286 bits per heavy atom. The molecule has 0 fully saturated rings. The second-order valence-corrected chi connectivity index (χ2v) is 27.4. The lowest BCUT2D eigenvalue weighted by Crippen LogP contribution is -2.45. The summed E-state index contributed by atoms with van der Waals surface area (Å²) in [5, 5.41) is 23.4.